The van der Waals surface area contributed by atoms with Crippen LogP contribution in [0.1, 0.15) is 12.5 Å². The molecule has 1 aromatic carbocycles. The number of imidazole rings is 1. The van der Waals surface area contributed by atoms with E-state index in [1.54, 1.807) is 24.5 Å². The molecule has 2 amide bonds. The first-order valence-electron chi connectivity index (χ1n) is 6.66. The van der Waals surface area contributed by atoms with Gasteiger partial charge in [0.15, 0.2) is 0 Å². The van der Waals surface area contributed by atoms with Crippen molar-refractivity contribution in [3.63, 3.8) is 0 Å². The minimum absolute atomic E-state index is 0.0509. The summed E-state index contributed by atoms with van der Waals surface area (Å²) < 4.78 is 1.95. The molecule has 0 aliphatic rings. The van der Waals surface area contributed by atoms with E-state index in [0.717, 1.165) is 5.56 Å². The van der Waals surface area contributed by atoms with Crippen LogP contribution in [0.2, 0.25) is 0 Å². The minimum Gasteiger partial charge on any atom is -0.335 e. The minimum atomic E-state index is -0.0681. The normalized spacial score (nSPS) is 11.9. The summed E-state index contributed by atoms with van der Waals surface area (Å²) in [5, 5.41) is 2.98. The van der Waals surface area contributed by atoms with Crippen molar-refractivity contribution in [2.75, 3.05) is 7.05 Å². The van der Waals surface area contributed by atoms with E-state index >= 15 is 0 Å². The molecule has 0 saturated carbocycles. The molecule has 1 heterocycles. The van der Waals surface area contributed by atoms with Crippen molar-refractivity contribution in [3.05, 3.63) is 54.6 Å². The molecule has 0 aliphatic heterocycles. The van der Waals surface area contributed by atoms with Gasteiger partial charge in [0, 0.05) is 38.6 Å². The molecular weight excluding hydrogens is 252 g/mol. The van der Waals surface area contributed by atoms with E-state index in [9.17, 15) is 4.79 Å². The van der Waals surface area contributed by atoms with Crippen LogP contribution in [0.15, 0.2) is 49.1 Å². The SMILES string of the molecule is CC(Cn1ccnc1)NC(=O)N(C)Cc1ccccc1. The number of benzene rings is 1. The Hall–Kier alpha value is -2.30. The Morgan fingerprint density at radius 2 is 2.15 bits per heavy atom. The summed E-state index contributed by atoms with van der Waals surface area (Å²) >= 11 is 0. The van der Waals surface area contributed by atoms with Gasteiger partial charge < -0.3 is 14.8 Å². The lowest BCUT2D eigenvalue weighted by molar-refractivity contribution is 0.202. The van der Waals surface area contributed by atoms with Gasteiger partial charge in [-0.1, -0.05) is 30.3 Å². The third kappa shape index (κ3) is 4.12. The van der Waals surface area contributed by atoms with Gasteiger partial charge in [-0.05, 0) is 12.5 Å². The maximum atomic E-state index is 12.1. The van der Waals surface area contributed by atoms with Gasteiger partial charge in [0.1, 0.15) is 0 Å². The summed E-state index contributed by atoms with van der Waals surface area (Å²) in [5.41, 5.74) is 1.12. The fourth-order valence-electron chi connectivity index (χ4n) is 2.01. The average molecular weight is 272 g/mol. The molecule has 1 atom stereocenters. The first-order chi connectivity index (χ1) is 9.65. The zero-order chi connectivity index (χ0) is 14.4. The standard InChI is InChI=1S/C15H20N4O/c1-13(10-19-9-8-16-12-19)17-15(20)18(2)11-14-6-4-3-5-7-14/h3-9,12-13H,10-11H2,1-2H3,(H,17,20). The molecule has 1 unspecified atom stereocenters. The van der Waals surface area contributed by atoms with Crippen molar-refractivity contribution in [2.45, 2.75) is 26.1 Å². The van der Waals surface area contributed by atoms with E-state index in [1.807, 2.05) is 48.0 Å². The molecule has 2 rings (SSSR count). The number of hydrogen-bond acceptors (Lipinski definition) is 2. The van der Waals surface area contributed by atoms with Crippen LogP contribution in [0, 0.1) is 0 Å². The highest BCUT2D eigenvalue weighted by Crippen LogP contribution is 2.03. The first kappa shape index (κ1) is 14.1. The zero-order valence-corrected chi connectivity index (χ0v) is 11.9. The van der Waals surface area contributed by atoms with E-state index < -0.39 is 0 Å². The third-order valence-electron chi connectivity index (χ3n) is 3.02. The van der Waals surface area contributed by atoms with Gasteiger partial charge >= 0.3 is 6.03 Å². The van der Waals surface area contributed by atoms with Crippen LogP contribution < -0.4 is 5.32 Å². The third-order valence-corrected chi connectivity index (χ3v) is 3.02. The zero-order valence-electron chi connectivity index (χ0n) is 11.9. The molecule has 0 aliphatic carbocycles. The van der Waals surface area contributed by atoms with Crippen molar-refractivity contribution in [2.24, 2.45) is 0 Å². The molecule has 0 radical (unpaired) electrons. The number of urea groups is 1. The summed E-state index contributed by atoms with van der Waals surface area (Å²) in [4.78, 5) is 17.7. The quantitative estimate of drug-likeness (QED) is 0.906. The second-order valence-corrected chi connectivity index (χ2v) is 4.95. The van der Waals surface area contributed by atoms with Gasteiger partial charge in [0.2, 0.25) is 0 Å². The summed E-state index contributed by atoms with van der Waals surface area (Å²) in [5.74, 6) is 0. The fourth-order valence-corrected chi connectivity index (χ4v) is 2.01. The lowest BCUT2D eigenvalue weighted by Crippen LogP contribution is -2.43. The number of carbonyl (C=O) groups excluding carboxylic acids is 1. The monoisotopic (exact) mass is 272 g/mol. The molecule has 0 saturated heterocycles. The lowest BCUT2D eigenvalue weighted by Gasteiger charge is -2.21. The maximum absolute atomic E-state index is 12.1. The van der Waals surface area contributed by atoms with Crippen LogP contribution in [0.25, 0.3) is 0 Å². The van der Waals surface area contributed by atoms with Gasteiger partial charge in [-0.2, -0.15) is 0 Å². The lowest BCUT2D eigenvalue weighted by atomic mass is 10.2. The maximum Gasteiger partial charge on any atom is 0.317 e. The van der Waals surface area contributed by atoms with Crippen LogP contribution in [-0.2, 0) is 13.1 Å². The largest absolute Gasteiger partial charge is 0.335 e. The van der Waals surface area contributed by atoms with E-state index in [4.69, 9.17) is 0 Å². The summed E-state index contributed by atoms with van der Waals surface area (Å²) in [6.07, 6.45) is 5.36. The van der Waals surface area contributed by atoms with Crippen LogP contribution >= 0.6 is 0 Å². The number of hydrogen-bond donors (Lipinski definition) is 1. The molecule has 0 spiro atoms. The molecule has 5 heteroatoms. The Morgan fingerprint density at radius 3 is 2.80 bits per heavy atom. The fraction of sp³-hybridized carbons (Fsp3) is 0.333. The smallest absolute Gasteiger partial charge is 0.317 e. The number of nitrogens with one attached hydrogen (secondary N) is 1. The van der Waals surface area contributed by atoms with Gasteiger partial charge in [0.25, 0.3) is 0 Å². The van der Waals surface area contributed by atoms with Crippen LogP contribution in [0.5, 0.6) is 0 Å². The predicted molar refractivity (Wildman–Crippen MR) is 78.1 cm³/mol. The Morgan fingerprint density at radius 1 is 1.40 bits per heavy atom. The number of amides is 2. The van der Waals surface area contributed by atoms with Gasteiger partial charge in [-0.25, -0.2) is 9.78 Å². The topological polar surface area (TPSA) is 50.2 Å². The number of carbonyl (C=O) groups is 1. The Bertz CT molecular complexity index is 524. The summed E-state index contributed by atoms with van der Waals surface area (Å²) in [6, 6.07) is 9.93. The highest BCUT2D eigenvalue weighted by molar-refractivity contribution is 5.74. The van der Waals surface area contributed by atoms with Gasteiger partial charge in [-0.15, -0.1) is 0 Å². The van der Waals surface area contributed by atoms with Crippen molar-refractivity contribution in [1.29, 1.82) is 0 Å². The van der Waals surface area contributed by atoms with Crippen molar-refractivity contribution < 1.29 is 4.79 Å². The van der Waals surface area contributed by atoms with Crippen LogP contribution in [0.3, 0.4) is 0 Å². The van der Waals surface area contributed by atoms with E-state index in [0.29, 0.717) is 13.1 Å². The highest BCUT2D eigenvalue weighted by Gasteiger charge is 2.12. The molecule has 2 aromatic rings. The second kappa shape index (κ2) is 6.75. The molecule has 5 nitrogen and oxygen atoms in total. The Kier molecular flexibility index (Phi) is 4.76. The molecular formula is C15H20N4O. The van der Waals surface area contributed by atoms with E-state index in [2.05, 4.69) is 10.3 Å². The Labute approximate surface area is 119 Å². The average Bonchev–Trinajstić information content (AvgIpc) is 2.92. The first-order valence-corrected chi connectivity index (χ1v) is 6.66. The molecule has 1 N–H and O–H groups in total. The molecule has 1 aromatic heterocycles. The summed E-state index contributed by atoms with van der Waals surface area (Å²) in [6.45, 7) is 3.30. The number of nitrogens with zero attached hydrogens (tertiary/aromatic N) is 3. The van der Waals surface area contributed by atoms with Crippen molar-refractivity contribution >= 4 is 6.03 Å². The molecule has 0 bridgehead atoms. The van der Waals surface area contributed by atoms with E-state index in [-0.39, 0.29) is 12.1 Å². The van der Waals surface area contributed by atoms with Crippen molar-refractivity contribution in [3.8, 4) is 0 Å². The van der Waals surface area contributed by atoms with Gasteiger partial charge in [0.05, 0.1) is 6.33 Å². The van der Waals surface area contributed by atoms with Gasteiger partial charge in [-0.3, -0.25) is 0 Å². The van der Waals surface area contributed by atoms with E-state index in [1.165, 1.54) is 0 Å². The molecule has 106 valence electrons. The predicted octanol–water partition coefficient (Wildman–Crippen LogP) is 2.11. The number of rotatable bonds is 5. The van der Waals surface area contributed by atoms with Crippen LogP contribution in [-0.4, -0.2) is 33.6 Å². The summed E-state index contributed by atoms with van der Waals surface area (Å²) in [7, 11) is 1.80. The van der Waals surface area contributed by atoms with Crippen molar-refractivity contribution in [1.82, 2.24) is 19.8 Å². The number of aromatic nitrogens is 2. The van der Waals surface area contributed by atoms with Crippen LogP contribution in [0.4, 0.5) is 4.79 Å². The highest BCUT2D eigenvalue weighted by atomic mass is 16.2. The second-order valence-electron chi connectivity index (χ2n) is 4.95. The Balaban J connectivity index is 1.81. The molecule has 20 heavy (non-hydrogen) atoms. The molecule has 0 fully saturated rings.